The highest BCUT2D eigenvalue weighted by atomic mass is 32.2. The summed E-state index contributed by atoms with van der Waals surface area (Å²) < 4.78 is 12.7. The van der Waals surface area contributed by atoms with Crippen LogP contribution in [-0.4, -0.2) is 65.6 Å². The Morgan fingerprint density at radius 3 is 2.80 bits per heavy atom. The number of hydrogen-bond acceptors (Lipinski definition) is 7. The highest BCUT2D eigenvalue weighted by Gasteiger charge is 2.24. The first-order valence-corrected chi connectivity index (χ1v) is 12.6. The number of likely N-dealkylation sites (tertiary alicyclic amines) is 1. The van der Waals surface area contributed by atoms with Crippen molar-refractivity contribution in [2.24, 2.45) is 0 Å². The number of methoxy groups -OCH3 is 1. The number of pyridine rings is 1. The molecule has 4 heterocycles. The molecule has 5 rings (SSSR count). The first-order chi connectivity index (χ1) is 17.1. The molecule has 1 aromatic carbocycles. The van der Waals surface area contributed by atoms with Gasteiger partial charge in [-0.05, 0) is 49.6 Å². The summed E-state index contributed by atoms with van der Waals surface area (Å²) in [5, 5.41) is 4.23. The van der Waals surface area contributed by atoms with Crippen LogP contribution in [0.4, 0.5) is 0 Å². The first-order valence-electron chi connectivity index (χ1n) is 11.8. The number of nitrogens with one attached hydrogen (secondary N) is 1. The second-order valence-electron chi connectivity index (χ2n) is 8.63. The molecule has 1 saturated heterocycles. The molecule has 0 radical (unpaired) electrons. The molecular weight excluding hydrogens is 464 g/mol. The normalized spacial score (nSPS) is 16.1. The molecule has 0 atom stereocenters. The highest BCUT2D eigenvalue weighted by Crippen LogP contribution is 2.34. The lowest BCUT2D eigenvalue weighted by atomic mass is 10.0. The summed E-state index contributed by atoms with van der Waals surface area (Å²) in [6, 6.07) is 13.2. The molecule has 182 valence electrons. The predicted molar refractivity (Wildman–Crippen MR) is 135 cm³/mol. The lowest BCUT2D eigenvalue weighted by molar-refractivity contribution is -0.117. The zero-order valence-electron chi connectivity index (χ0n) is 19.6. The van der Waals surface area contributed by atoms with Crippen molar-refractivity contribution in [3.63, 3.8) is 0 Å². The van der Waals surface area contributed by atoms with Crippen LogP contribution in [0.25, 0.3) is 11.7 Å². The maximum absolute atomic E-state index is 12.9. The molecule has 0 spiro atoms. The van der Waals surface area contributed by atoms with E-state index in [1.807, 2.05) is 36.5 Å². The average molecular weight is 493 g/mol. The number of ether oxygens (including phenoxy) is 2. The van der Waals surface area contributed by atoms with Crippen molar-refractivity contribution in [3.05, 3.63) is 64.8 Å². The van der Waals surface area contributed by atoms with Gasteiger partial charge in [0, 0.05) is 25.7 Å². The van der Waals surface area contributed by atoms with Gasteiger partial charge in [-0.3, -0.25) is 9.20 Å². The number of esters is 1. The number of carbonyl (C=O) groups excluding carboxylic acids is 2. The van der Waals surface area contributed by atoms with Gasteiger partial charge in [0.1, 0.15) is 17.0 Å². The molecule has 2 aliphatic heterocycles. The van der Waals surface area contributed by atoms with Crippen LogP contribution in [-0.2, 0) is 9.53 Å². The van der Waals surface area contributed by atoms with Crippen LogP contribution in [0, 0.1) is 0 Å². The number of aromatic nitrogens is 2. The van der Waals surface area contributed by atoms with Crippen LogP contribution in [0.2, 0.25) is 0 Å². The number of thioether (sulfide) groups is 1. The molecular formula is C26H28N4O4S. The van der Waals surface area contributed by atoms with Crippen LogP contribution < -0.4 is 10.1 Å². The molecule has 9 heteroatoms. The fourth-order valence-corrected chi connectivity index (χ4v) is 5.49. The van der Waals surface area contributed by atoms with Gasteiger partial charge in [-0.1, -0.05) is 30.0 Å². The van der Waals surface area contributed by atoms with E-state index in [0.717, 1.165) is 55.3 Å². The van der Waals surface area contributed by atoms with Crippen LogP contribution >= 0.6 is 11.8 Å². The Kier molecular flexibility index (Phi) is 7.06. The second-order valence-corrected chi connectivity index (χ2v) is 9.69. The standard InChI is InChI=1S/C26H28N4O4S/c1-33-26(32)20-6-2-3-7-21(20)34-15-5-12-29-13-10-18(11-14-29)28-25(31)22-16-19-17-27-23-8-4-9-24(35-22)30(19)23/h2-4,6-9,16-18H,5,10-15H2,1H3,(H,28,31). The van der Waals surface area contributed by atoms with E-state index in [0.29, 0.717) is 22.8 Å². The lowest BCUT2D eigenvalue weighted by Gasteiger charge is -2.32. The second kappa shape index (κ2) is 10.5. The zero-order chi connectivity index (χ0) is 24.2. The van der Waals surface area contributed by atoms with E-state index in [2.05, 4.69) is 19.6 Å². The largest absolute Gasteiger partial charge is 0.493 e. The van der Waals surface area contributed by atoms with Gasteiger partial charge < -0.3 is 19.7 Å². The van der Waals surface area contributed by atoms with Crippen molar-refractivity contribution in [1.29, 1.82) is 0 Å². The fourth-order valence-electron chi connectivity index (χ4n) is 4.50. The molecule has 0 bridgehead atoms. The number of rotatable bonds is 8. The third-order valence-corrected chi connectivity index (χ3v) is 7.38. The summed E-state index contributed by atoms with van der Waals surface area (Å²) in [5.41, 5.74) is 2.27. The number of carbonyl (C=O) groups is 2. The minimum Gasteiger partial charge on any atom is -0.493 e. The minimum absolute atomic E-state index is 0.0180. The summed E-state index contributed by atoms with van der Waals surface area (Å²) in [7, 11) is 1.37. The van der Waals surface area contributed by atoms with Gasteiger partial charge >= 0.3 is 5.97 Å². The van der Waals surface area contributed by atoms with Gasteiger partial charge in [0.2, 0.25) is 0 Å². The SMILES string of the molecule is COC(=O)c1ccccc1OCCCN1CCC(NC(=O)C2=Cc3cnc4cccc(n34)S2)CC1. The summed E-state index contributed by atoms with van der Waals surface area (Å²) >= 11 is 1.49. The van der Waals surface area contributed by atoms with Crippen LogP contribution in [0.1, 0.15) is 35.3 Å². The van der Waals surface area contributed by atoms with Crippen molar-refractivity contribution < 1.29 is 19.1 Å². The average Bonchev–Trinajstić information content (AvgIpc) is 3.31. The molecule has 0 aliphatic carbocycles. The molecule has 0 saturated carbocycles. The van der Waals surface area contributed by atoms with Gasteiger partial charge in [0.15, 0.2) is 0 Å². The summed E-state index contributed by atoms with van der Waals surface area (Å²) in [6.45, 7) is 3.30. The van der Waals surface area contributed by atoms with Crippen molar-refractivity contribution in [1.82, 2.24) is 19.6 Å². The molecule has 2 aliphatic rings. The smallest absolute Gasteiger partial charge is 0.341 e. The Bertz CT molecular complexity index is 1260. The summed E-state index contributed by atoms with van der Waals surface area (Å²) in [6.07, 6.45) is 6.42. The van der Waals surface area contributed by atoms with Crippen LogP contribution in [0.5, 0.6) is 5.75 Å². The fraction of sp³-hybridized carbons (Fsp3) is 0.346. The third kappa shape index (κ3) is 5.21. The molecule has 1 N–H and O–H groups in total. The Morgan fingerprint density at radius 1 is 1.14 bits per heavy atom. The summed E-state index contributed by atoms with van der Waals surface area (Å²) in [4.78, 5) is 32.3. The van der Waals surface area contributed by atoms with E-state index in [9.17, 15) is 9.59 Å². The lowest BCUT2D eigenvalue weighted by Crippen LogP contribution is -2.45. The number of para-hydroxylation sites is 1. The molecule has 8 nitrogen and oxygen atoms in total. The molecule has 1 amide bonds. The first kappa shape index (κ1) is 23.4. The number of benzene rings is 1. The van der Waals surface area contributed by atoms with Gasteiger partial charge in [-0.15, -0.1) is 0 Å². The van der Waals surface area contributed by atoms with Crippen molar-refractivity contribution >= 4 is 35.4 Å². The van der Waals surface area contributed by atoms with Gasteiger partial charge in [-0.2, -0.15) is 0 Å². The number of piperidine rings is 1. The Balaban J connectivity index is 1.06. The van der Waals surface area contributed by atoms with Crippen LogP contribution in [0.15, 0.2) is 58.6 Å². The Hall–Kier alpha value is -3.30. The van der Waals surface area contributed by atoms with E-state index in [1.54, 1.807) is 18.2 Å². The zero-order valence-corrected chi connectivity index (χ0v) is 20.4. The maximum Gasteiger partial charge on any atom is 0.341 e. The molecule has 35 heavy (non-hydrogen) atoms. The maximum atomic E-state index is 12.9. The number of hydrogen-bond donors (Lipinski definition) is 1. The van der Waals surface area contributed by atoms with Gasteiger partial charge in [-0.25, -0.2) is 9.78 Å². The topological polar surface area (TPSA) is 85.2 Å². The van der Waals surface area contributed by atoms with Crippen LogP contribution in [0.3, 0.4) is 0 Å². The number of amides is 1. The van der Waals surface area contributed by atoms with E-state index < -0.39 is 5.97 Å². The quantitative estimate of drug-likeness (QED) is 0.380. The van der Waals surface area contributed by atoms with Crippen molar-refractivity contribution in [2.75, 3.05) is 33.4 Å². The van der Waals surface area contributed by atoms with E-state index in [4.69, 9.17) is 9.47 Å². The van der Waals surface area contributed by atoms with Gasteiger partial charge in [0.25, 0.3) is 5.91 Å². The molecule has 2 aromatic heterocycles. The number of nitrogens with zero attached hydrogens (tertiary/aromatic N) is 3. The third-order valence-electron chi connectivity index (χ3n) is 6.33. The number of imidazole rings is 1. The highest BCUT2D eigenvalue weighted by molar-refractivity contribution is 8.04. The molecule has 1 fully saturated rings. The Labute approximate surface area is 208 Å². The van der Waals surface area contributed by atoms with E-state index in [1.165, 1.54) is 18.9 Å². The Morgan fingerprint density at radius 2 is 1.97 bits per heavy atom. The molecule has 0 unspecified atom stereocenters. The van der Waals surface area contributed by atoms with E-state index >= 15 is 0 Å². The predicted octanol–water partition coefficient (Wildman–Crippen LogP) is 3.62. The van der Waals surface area contributed by atoms with Gasteiger partial charge in [0.05, 0.1) is 35.5 Å². The minimum atomic E-state index is -0.394. The summed E-state index contributed by atoms with van der Waals surface area (Å²) in [5.74, 6) is 0.139. The van der Waals surface area contributed by atoms with Crippen molar-refractivity contribution in [2.45, 2.75) is 30.3 Å². The monoisotopic (exact) mass is 492 g/mol. The van der Waals surface area contributed by atoms with E-state index in [-0.39, 0.29) is 11.9 Å². The van der Waals surface area contributed by atoms with Crippen molar-refractivity contribution in [3.8, 4) is 5.75 Å². The molecule has 3 aromatic rings.